The van der Waals surface area contributed by atoms with Crippen LogP contribution in [0.1, 0.15) is 102 Å². The zero-order valence-electron chi connectivity index (χ0n) is 27.3. The molecule has 2 heterocycles. The monoisotopic (exact) mass is 603 g/mol. The molecule has 0 bridgehead atoms. The van der Waals surface area contributed by atoms with Gasteiger partial charge in [-0.25, -0.2) is 15.0 Å². The number of anilines is 1. The Morgan fingerprint density at radius 1 is 0.860 bits per heavy atom. The lowest BCUT2D eigenvalue weighted by Crippen LogP contribution is -2.54. The molecule has 0 radical (unpaired) electrons. The number of carbonyl (C=O) groups excluding carboxylic acids is 2. The van der Waals surface area contributed by atoms with Gasteiger partial charge in [-0.2, -0.15) is 5.26 Å². The van der Waals surface area contributed by atoms with Gasteiger partial charge in [-0.15, -0.1) is 0 Å². The van der Waals surface area contributed by atoms with Crippen LogP contribution >= 0.6 is 11.3 Å². The first kappa shape index (κ1) is 34.2. The summed E-state index contributed by atoms with van der Waals surface area (Å²) in [6.07, 6.45) is 9.82. The second kappa shape index (κ2) is 16.5. The normalized spacial score (nSPS) is 14.8. The number of hydrogen-bond donors (Lipinski definition) is 0. The summed E-state index contributed by atoms with van der Waals surface area (Å²) in [5.74, 6) is -0.899. The van der Waals surface area contributed by atoms with Crippen LogP contribution in [0.2, 0.25) is 0 Å². The van der Waals surface area contributed by atoms with Crippen LogP contribution in [0.3, 0.4) is 0 Å². The van der Waals surface area contributed by atoms with Gasteiger partial charge in [-0.05, 0) is 69.2 Å². The molecular formula is C35H49N5O2S. The molecule has 232 valence electrons. The number of hydrazine groups is 1. The van der Waals surface area contributed by atoms with Crippen LogP contribution < -0.4 is 4.90 Å². The molecule has 0 fully saturated rings. The third-order valence-electron chi connectivity index (χ3n) is 8.01. The molecule has 0 atom stereocenters. The van der Waals surface area contributed by atoms with Gasteiger partial charge in [0, 0.05) is 37.3 Å². The maximum Gasteiger partial charge on any atom is 0.286 e. The molecule has 0 saturated carbocycles. The molecule has 7 nitrogen and oxygen atoms in total. The Morgan fingerprint density at radius 2 is 1.40 bits per heavy atom. The number of nitrogens with zero attached hydrogens (tertiary/aromatic N) is 5. The molecule has 0 unspecified atom stereocenters. The number of amides is 2. The molecular weight excluding hydrogens is 554 g/mol. The maximum absolute atomic E-state index is 14.2. The highest BCUT2D eigenvalue weighted by Gasteiger charge is 2.39. The Hall–Kier alpha value is -3.28. The van der Waals surface area contributed by atoms with Gasteiger partial charge in [-0.1, -0.05) is 82.9 Å². The topological polar surface area (TPSA) is 80.5 Å². The summed E-state index contributed by atoms with van der Waals surface area (Å²) in [6.45, 7) is 17.5. The zero-order valence-corrected chi connectivity index (χ0v) is 28.1. The highest BCUT2D eigenvalue weighted by atomic mass is 32.1. The van der Waals surface area contributed by atoms with E-state index >= 15 is 0 Å². The number of rotatable bonds is 16. The molecule has 2 aromatic rings. The van der Waals surface area contributed by atoms with Gasteiger partial charge in [0.05, 0.1) is 10.6 Å². The molecule has 0 spiro atoms. The van der Waals surface area contributed by atoms with Crippen molar-refractivity contribution < 1.29 is 9.59 Å². The number of benzene rings is 1. The quantitative estimate of drug-likeness (QED) is 0.142. The molecule has 1 aromatic carbocycles. The lowest BCUT2D eigenvalue weighted by Gasteiger charge is -2.36. The Kier molecular flexibility index (Phi) is 13.2. The molecule has 0 aliphatic carbocycles. The van der Waals surface area contributed by atoms with E-state index in [0.717, 1.165) is 96.8 Å². The summed E-state index contributed by atoms with van der Waals surface area (Å²) in [5, 5.41) is 14.1. The fourth-order valence-electron chi connectivity index (χ4n) is 5.37. The molecule has 3 rings (SSSR count). The predicted octanol–water partition coefficient (Wildman–Crippen LogP) is 8.24. The van der Waals surface area contributed by atoms with Gasteiger partial charge < -0.3 is 4.90 Å². The van der Waals surface area contributed by atoms with Gasteiger partial charge in [0.1, 0.15) is 11.6 Å². The molecule has 0 saturated heterocycles. The van der Waals surface area contributed by atoms with Crippen LogP contribution in [0, 0.1) is 25.2 Å². The third kappa shape index (κ3) is 8.01. The Bertz CT molecular complexity index is 1350. The lowest BCUT2D eigenvalue weighted by atomic mass is 9.94. The van der Waals surface area contributed by atoms with Gasteiger partial charge in [0.25, 0.3) is 11.8 Å². The Balaban J connectivity index is 2.25. The summed E-state index contributed by atoms with van der Waals surface area (Å²) >= 11 is 1.59. The summed E-state index contributed by atoms with van der Waals surface area (Å²) in [6, 6.07) is 8.35. The highest BCUT2D eigenvalue weighted by molar-refractivity contribution is 7.17. The van der Waals surface area contributed by atoms with E-state index < -0.39 is 5.91 Å². The van der Waals surface area contributed by atoms with E-state index in [0.29, 0.717) is 24.2 Å². The summed E-state index contributed by atoms with van der Waals surface area (Å²) < 4.78 is 0. The molecule has 1 aliphatic rings. The summed E-state index contributed by atoms with van der Waals surface area (Å²) in [4.78, 5) is 36.2. The van der Waals surface area contributed by atoms with Crippen LogP contribution in [0.5, 0.6) is 0 Å². The van der Waals surface area contributed by atoms with E-state index in [9.17, 15) is 14.9 Å². The number of unbranched alkanes of at least 4 members (excludes halogenated alkanes) is 4. The first-order valence-electron chi connectivity index (χ1n) is 16.0. The van der Waals surface area contributed by atoms with Crippen LogP contribution in [0.15, 0.2) is 34.9 Å². The summed E-state index contributed by atoms with van der Waals surface area (Å²) in [7, 11) is 0. The number of nitriles is 1. The highest BCUT2D eigenvalue weighted by Crippen LogP contribution is 2.39. The minimum Gasteiger partial charge on any atom is -0.348 e. The predicted molar refractivity (Wildman–Crippen MR) is 179 cm³/mol. The number of thiazole rings is 1. The maximum atomic E-state index is 14.2. The molecule has 43 heavy (non-hydrogen) atoms. The molecule has 1 aliphatic heterocycles. The Labute approximate surface area is 262 Å². The van der Waals surface area contributed by atoms with Crippen LogP contribution in [-0.2, 0) is 9.59 Å². The second-order valence-corrected chi connectivity index (χ2v) is 12.4. The largest absolute Gasteiger partial charge is 0.348 e. The minimum atomic E-state index is -0.528. The van der Waals surface area contributed by atoms with Gasteiger partial charge in [-0.3, -0.25) is 9.59 Å². The standard InChI is InChI=1S/C35H49N5O2S/c1-8-12-19-38(20-13-9-2)35-37-32(31-25(5)17-16-18-26(31)6)30(43-35)23-28-27(7)29(24-36)34(42)40(33(28)41)39(21-14-10-3)22-15-11-4/h16-18,23H,8-15,19-22H2,1-7H3/b28-23-. The van der Waals surface area contributed by atoms with E-state index in [1.807, 2.05) is 11.1 Å². The molecule has 1 aromatic heterocycles. The van der Waals surface area contributed by atoms with Crippen molar-refractivity contribution in [1.82, 2.24) is 15.0 Å². The summed E-state index contributed by atoms with van der Waals surface area (Å²) in [5.41, 5.74) is 4.97. The lowest BCUT2D eigenvalue weighted by molar-refractivity contribution is -0.159. The van der Waals surface area contributed by atoms with Crippen LogP contribution in [-0.4, -0.2) is 53.0 Å². The van der Waals surface area contributed by atoms with E-state index in [-0.39, 0.29) is 11.5 Å². The fraction of sp³-hybridized carbons (Fsp3) is 0.543. The van der Waals surface area contributed by atoms with E-state index in [1.165, 1.54) is 5.01 Å². The van der Waals surface area contributed by atoms with E-state index in [1.54, 1.807) is 18.3 Å². The van der Waals surface area contributed by atoms with Crippen molar-refractivity contribution in [2.45, 2.75) is 99.8 Å². The van der Waals surface area contributed by atoms with Gasteiger partial charge in [0.2, 0.25) is 0 Å². The molecule has 8 heteroatoms. The van der Waals surface area contributed by atoms with Crippen molar-refractivity contribution >= 4 is 34.4 Å². The number of aryl methyl sites for hydroxylation is 2. The van der Waals surface area contributed by atoms with E-state index in [2.05, 4.69) is 70.7 Å². The Morgan fingerprint density at radius 3 is 1.91 bits per heavy atom. The van der Waals surface area contributed by atoms with Gasteiger partial charge >= 0.3 is 0 Å². The first-order valence-corrected chi connectivity index (χ1v) is 16.8. The third-order valence-corrected chi connectivity index (χ3v) is 9.07. The van der Waals surface area contributed by atoms with E-state index in [4.69, 9.17) is 4.98 Å². The first-order chi connectivity index (χ1) is 20.7. The average Bonchev–Trinajstić information content (AvgIpc) is 3.39. The average molecular weight is 604 g/mol. The second-order valence-electron chi connectivity index (χ2n) is 11.4. The number of imide groups is 1. The van der Waals surface area contributed by atoms with Crippen LogP contribution in [0.4, 0.5) is 5.13 Å². The van der Waals surface area contributed by atoms with Crippen molar-refractivity contribution in [1.29, 1.82) is 5.26 Å². The number of hydrogen-bond acceptors (Lipinski definition) is 7. The smallest absolute Gasteiger partial charge is 0.286 e. The SMILES string of the molecule is CCCCN(CCCC)c1nc(-c2c(C)cccc2C)c(/C=C2\C(=O)N(N(CCCC)CCCC)C(=O)C(C#N)=C2C)s1. The van der Waals surface area contributed by atoms with Crippen molar-refractivity contribution in [2.24, 2.45) is 0 Å². The van der Waals surface area contributed by atoms with Crippen LogP contribution in [0.25, 0.3) is 17.3 Å². The van der Waals surface area contributed by atoms with Crippen molar-refractivity contribution in [3.05, 3.63) is 50.9 Å². The zero-order chi connectivity index (χ0) is 31.5. The molecule has 0 N–H and O–H groups in total. The van der Waals surface area contributed by atoms with Crippen molar-refractivity contribution in [2.75, 3.05) is 31.1 Å². The van der Waals surface area contributed by atoms with Gasteiger partial charge in [0.15, 0.2) is 5.13 Å². The number of aromatic nitrogens is 1. The molecule has 2 amide bonds. The number of carbonyl (C=O) groups is 2. The van der Waals surface area contributed by atoms with Crippen molar-refractivity contribution in [3.8, 4) is 17.3 Å². The fourth-order valence-corrected chi connectivity index (χ4v) is 6.44. The van der Waals surface area contributed by atoms with Crippen molar-refractivity contribution in [3.63, 3.8) is 0 Å². The minimum absolute atomic E-state index is 0.0229.